The second kappa shape index (κ2) is 5.90. The number of benzene rings is 1. The predicted molar refractivity (Wildman–Crippen MR) is 67.8 cm³/mol. The zero-order valence-corrected chi connectivity index (χ0v) is 10.8. The molecule has 1 aromatic carbocycles. The van der Waals surface area contributed by atoms with E-state index in [1.54, 1.807) is 11.9 Å². The Morgan fingerprint density at radius 2 is 2.19 bits per heavy atom. The third-order valence-electron chi connectivity index (χ3n) is 2.72. The number of alkyl halides is 1. The van der Waals surface area contributed by atoms with Crippen molar-refractivity contribution in [2.45, 2.75) is 26.3 Å². The van der Waals surface area contributed by atoms with Gasteiger partial charge in [0.05, 0.1) is 6.42 Å². The lowest BCUT2D eigenvalue weighted by Gasteiger charge is -2.23. The first-order valence-corrected chi connectivity index (χ1v) is 5.95. The molecule has 1 aromatic rings. The van der Waals surface area contributed by atoms with Crippen LogP contribution < -0.4 is 0 Å². The average Bonchev–Trinajstić information content (AvgIpc) is 2.27. The van der Waals surface area contributed by atoms with Gasteiger partial charge in [0, 0.05) is 19.0 Å². The molecule has 0 saturated heterocycles. The zero-order valence-electron chi connectivity index (χ0n) is 10.0. The van der Waals surface area contributed by atoms with E-state index in [-0.39, 0.29) is 11.9 Å². The summed E-state index contributed by atoms with van der Waals surface area (Å²) in [4.78, 5) is 13.6. The van der Waals surface area contributed by atoms with Crippen LogP contribution in [-0.2, 0) is 11.2 Å². The number of carbonyl (C=O) groups is 1. The number of carbonyl (C=O) groups excluding carboxylic acids is 1. The average molecular weight is 240 g/mol. The van der Waals surface area contributed by atoms with Gasteiger partial charge in [0.2, 0.25) is 5.91 Å². The highest BCUT2D eigenvalue weighted by atomic mass is 35.5. The minimum Gasteiger partial charge on any atom is -0.342 e. The van der Waals surface area contributed by atoms with Crippen molar-refractivity contribution in [3.63, 3.8) is 0 Å². The van der Waals surface area contributed by atoms with E-state index in [0.29, 0.717) is 12.3 Å². The van der Waals surface area contributed by atoms with Gasteiger partial charge in [-0.2, -0.15) is 0 Å². The molecule has 1 unspecified atom stereocenters. The van der Waals surface area contributed by atoms with Crippen LogP contribution in [0.1, 0.15) is 18.1 Å². The van der Waals surface area contributed by atoms with E-state index in [0.717, 1.165) is 5.56 Å². The molecule has 2 nitrogen and oxygen atoms in total. The van der Waals surface area contributed by atoms with E-state index in [2.05, 4.69) is 0 Å². The summed E-state index contributed by atoms with van der Waals surface area (Å²) in [6.45, 7) is 3.97. The molecule has 3 heteroatoms. The summed E-state index contributed by atoms with van der Waals surface area (Å²) in [5.41, 5.74) is 2.23. The molecule has 1 rings (SSSR count). The minimum atomic E-state index is 0.0824. The lowest BCUT2D eigenvalue weighted by atomic mass is 10.1. The highest BCUT2D eigenvalue weighted by molar-refractivity contribution is 6.18. The van der Waals surface area contributed by atoms with Gasteiger partial charge < -0.3 is 4.90 Å². The lowest BCUT2D eigenvalue weighted by molar-refractivity contribution is -0.130. The van der Waals surface area contributed by atoms with Gasteiger partial charge in [-0.05, 0) is 19.4 Å². The molecule has 0 aliphatic rings. The van der Waals surface area contributed by atoms with Crippen molar-refractivity contribution in [1.82, 2.24) is 4.90 Å². The van der Waals surface area contributed by atoms with Gasteiger partial charge in [-0.15, -0.1) is 11.6 Å². The van der Waals surface area contributed by atoms with Crippen molar-refractivity contribution >= 4 is 17.5 Å². The monoisotopic (exact) mass is 239 g/mol. The van der Waals surface area contributed by atoms with Crippen molar-refractivity contribution in [1.29, 1.82) is 0 Å². The maximum Gasteiger partial charge on any atom is 0.227 e. The normalized spacial score (nSPS) is 12.2. The van der Waals surface area contributed by atoms with Crippen LogP contribution in [0.25, 0.3) is 0 Å². The molecule has 1 atom stereocenters. The highest BCUT2D eigenvalue weighted by Crippen LogP contribution is 2.08. The summed E-state index contributed by atoms with van der Waals surface area (Å²) in [7, 11) is 1.80. The first-order valence-electron chi connectivity index (χ1n) is 5.41. The lowest BCUT2D eigenvalue weighted by Crippen LogP contribution is -2.37. The fraction of sp³-hybridized carbons (Fsp3) is 0.462. The second-order valence-electron chi connectivity index (χ2n) is 4.17. The van der Waals surface area contributed by atoms with E-state index < -0.39 is 0 Å². The molecule has 0 saturated carbocycles. The van der Waals surface area contributed by atoms with Crippen molar-refractivity contribution < 1.29 is 4.79 Å². The standard InChI is InChI=1S/C13H18ClNO/c1-10-5-4-6-12(7-10)8-13(16)15(3)11(2)9-14/h4-7,11H,8-9H2,1-3H3. The van der Waals surface area contributed by atoms with Crippen LogP contribution in [0.4, 0.5) is 0 Å². The predicted octanol–water partition coefficient (Wildman–Crippen LogP) is 2.62. The number of hydrogen-bond acceptors (Lipinski definition) is 1. The number of rotatable bonds is 4. The SMILES string of the molecule is Cc1cccc(CC(=O)N(C)C(C)CCl)c1. The van der Waals surface area contributed by atoms with Crippen LogP contribution >= 0.6 is 11.6 Å². The summed E-state index contributed by atoms with van der Waals surface area (Å²) in [6.07, 6.45) is 0.444. The second-order valence-corrected chi connectivity index (χ2v) is 4.48. The van der Waals surface area contributed by atoms with E-state index in [9.17, 15) is 4.79 Å². The Labute approximate surface area is 102 Å². The summed E-state index contributed by atoms with van der Waals surface area (Å²) >= 11 is 5.73. The van der Waals surface area contributed by atoms with Crippen LogP contribution in [-0.4, -0.2) is 29.8 Å². The molecule has 88 valence electrons. The molecular weight excluding hydrogens is 222 g/mol. The molecule has 0 aliphatic heterocycles. The summed E-state index contributed by atoms with van der Waals surface area (Å²) in [6, 6.07) is 8.10. The van der Waals surface area contributed by atoms with E-state index >= 15 is 0 Å². The molecule has 0 heterocycles. The summed E-state index contributed by atoms with van der Waals surface area (Å²) in [5.74, 6) is 0.578. The Morgan fingerprint density at radius 1 is 1.50 bits per heavy atom. The van der Waals surface area contributed by atoms with Crippen molar-refractivity contribution in [2.24, 2.45) is 0 Å². The minimum absolute atomic E-state index is 0.0824. The van der Waals surface area contributed by atoms with Gasteiger partial charge in [0.1, 0.15) is 0 Å². The fourth-order valence-corrected chi connectivity index (χ4v) is 1.68. The van der Waals surface area contributed by atoms with E-state index in [4.69, 9.17) is 11.6 Å². The molecule has 0 fully saturated rings. The van der Waals surface area contributed by atoms with Gasteiger partial charge in [-0.1, -0.05) is 29.8 Å². The molecule has 0 aromatic heterocycles. The highest BCUT2D eigenvalue weighted by Gasteiger charge is 2.14. The maximum atomic E-state index is 11.9. The third-order valence-corrected chi connectivity index (χ3v) is 3.16. The largest absolute Gasteiger partial charge is 0.342 e. The van der Waals surface area contributed by atoms with Gasteiger partial charge in [-0.3, -0.25) is 4.79 Å². The fourth-order valence-electron chi connectivity index (χ4n) is 1.47. The zero-order chi connectivity index (χ0) is 12.1. The number of likely N-dealkylation sites (N-methyl/N-ethyl adjacent to an activating group) is 1. The number of halogens is 1. The molecule has 0 bridgehead atoms. The van der Waals surface area contributed by atoms with Crippen molar-refractivity contribution in [3.8, 4) is 0 Å². The molecule has 0 spiro atoms. The maximum absolute atomic E-state index is 11.9. The Bertz CT molecular complexity index is 365. The molecule has 0 N–H and O–H groups in total. The number of amides is 1. The number of nitrogens with zero attached hydrogens (tertiary/aromatic N) is 1. The summed E-state index contributed by atoms with van der Waals surface area (Å²) < 4.78 is 0. The Balaban J connectivity index is 2.64. The van der Waals surface area contributed by atoms with Crippen LogP contribution in [0.2, 0.25) is 0 Å². The van der Waals surface area contributed by atoms with E-state index in [1.807, 2.05) is 38.1 Å². The smallest absolute Gasteiger partial charge is 0.227 e. The quantitative estimate of drug-likeness (QED) is 0.740. The van der Waals surface area contributed by atoms with Gasteiger partial charge in [0.15, 0.2) is 0 Å². The molecule has 0 aliphatic carbocycles. The molecule has 1 amide bonds. The molecular formula is C13H18ClNO. The Morgan fingerprint density at radius 3 is 2.75 bits per heavy atom. The molecule has 0 radical (unpaired) electrons. The number of aryl methyl sites for hydroxylation is 1. The van der Waals surface area contributed by atoms with Gasteiger partial charge >= 0.3 is 0 Å². The van der Waals surface area contributed by atoms with Crippen LogP contribution in [0.5, 0.6) is 0 Å². The first-order chi connectivity index (χ1) is 7.54. The summed E-state index contributed by atoms with van der Waals surface area (Å²) in [5, 5.41) is 0. The topological polar surface area (TPSA) is 20.3 Å². The Kier molecular flexibility index (Phi) is 4.81. The van der Waals surface area contributed by atoms with E-state index in [1.165, 1.54) is 5.56 Å². The van der Waals surface area contributed by atoms with Crippen molar-refractivity contribution in [3.05, 3.63) is 35.4 Å². The number of hydrogen-bond donors (Lipinski definition) is 0. The molecule has 16 heavy (non-hydrogen) atoms. The third kappa shape index (κ3) is 3.53. The Hall–Kier alpha value is -1.02. The van der Waals surface area contributed by atoms with Gasteiger partial charge in [0.25, 0.3) is 0 Å². The van der Waals surface area contributed by atoms with Gasteiger partial charge in [-0.25, -0.2) is 0 Å². The van der Waals surface area contributed by atoms with Crippen LogP contribution in [0.15, 0.2) is 24.3 Å². The van der Waals surface area contributed by atoms with Crippen LogP contribution in [0, 0.1) is 6.92 Å². The van der Waals surface area contributed by atoms with Crippen molar-refractivity contribution in [2.75, 3.05) is 12.9 Å². The van der Waals surface area contributed by atoms with Crippen LogP contribution in [0.3, 0.4) is 0 Å². The first kappa shape index (κ1) is 13.0.